The molecule has 2 aliphatic heterocycles. The van der Waals surface area contributed by atoms with Crippen molar-refractivity contribution in [3.63, 3.8) is 0 Å². The summed E-state index contributed by atoms with van der Waals surface area (Å²) in [6.45, 7) is 0. The van der Waals surface area contributed by atoms with Gasteiger partial charge in [-0.25, -0.2) is 9.69 Å². The molecule has 0 aromatic heterocycles. The molecule has 2 heterocycles. The molecule has 1 unspecified atom stereocenters. The van der Waals surface area contributed by atoms with Gasteiger partial charge in [0.05, 0.1) is 11.6 Å². The Labute approximate surface area is 117 Å². The van der Waals surface area contributed by atoms with Crippen molar-refractivity contribution < 1.29 is 9.59 Å². The molecule has 2 saturated heterocycles. The lowest BCUT2D eigenvalue weighted by Gasteiger charge is -2.25. The Morgan fingerprint density at radius 1 is 1.22 bits per heavy atom. The van der Waals surface area contributed by atoms with Crippen LogP contribution in [0.25, 0.3) is 0 Å². The van der Waals surface area contributed by atoms with E-state index < -0.39 is 0 Å². The van der Waals surface area contributed by atoms with E-state index in [0.29, 0.717) is 11.6 Å². The number of benzene rings is 1. The van der Waals surface area contributed by atoms with Crippen molar-refractivity contribution in [2.45, 2.75) is 12.5 Å². The number of thioether (sulfide) groups is 1. The summed E-state index contributed by atoms with van der Waals surface area (Å²) < 4.78 is 0.929. The molecule has 0 N–H and O–H groups in total. The van der Waals surface area contributed by atoms with E-state index >= 15 is 0 Å². The summed E-state index contributed by atoms with van der Waals surface area (Å²) in [6, 6.07) is 6.78. The van der Waals surface area contributed by atoms with Gasteiger partial charge in [0.25, 0.3) is 5.91 Å². The minimum Gasteiger partial charge on any atom is -0.303 e. The highest BCUT2D eigenvalue weighted by Crippen LogP contribution is 2.32. The summed E-state index contributed by atoms with van der Waals surface area (Å²) in [5.41, 5.74) is 0.646. The van der Waals surface area contributed by atoms with Crippen LogP contribution in [-0.4, -0.2) is 34.5 Å². The Morgan fingerprint density at radius 2 is 1.94 bits per heavy atom. The minimum atomic E-state index is -0.262. The molecule has 94 valence electrons. The van der Waals surface area contributed by atoms with Crippen molar-refractivity contribution in [1.82, 2.24) is 4.90 Å². The Kier molecular flexibility index (Phi) is 3.07. The topological polar surface area (TPSA) is 40.6 Å². The van der Waals surface area contributed by atoms with Crippen molar-refractivity contribution in [3.8, 4) is 0 Å². The molecule has 0 spiro atoms. The number of rotatable bonds is 1. The number of nitrogens with zero attached hydrogens (tertiary/aromatic N) is 2. The van der Waals surface area contributed by atoms with Gasteiger partial charge in [-0.1, -0.05) is 15.9 Å². The van der Waals surface area contributed by atoms with Crippen molar-refractivity contribution in [2.24, 2.45) is 0 Å². The van der Waals surface area contributed by atoms with Crippen LogP contribution in [0.2, 0.25) is 0 Å². The number of imide groups is 1. The number of amides is 3. The molecule has 2 aliphatic rings. The molecule has 0 saturated carbocycles. The Bertz CT molecular complexity index is 481. The lowest BCUT2D eigenvalue weighted by Crippen LogP contribution is -2.38. The molecule has 2 fully saturated rings. The van der Waals surface area contributed by atoms with E-state index in [9.17, 15) is 9.59 Å². The number of hydrogen-bond donors (Lipinski definition) is 0. The summed E-state index contributed by atoms with van der Waals surface area (Å²) in [4.78, 5) is 27.5. The fraction of sp³-hybridized carbons (Fsp3) is 0.333. The molecular weight excluding hydrogens is 316 g/mol. The van der Waals surface area contributed by atoms with Crippen LogP contribution in [0.4, 0.5) is 10.5 Å². The van der Waals surface area contributed by atoms with E-state index in [1.54, 1.807) is 28.8 Å². The Balaban J connectivity index is 1.95. The fourth-order valence-electron chi connectivity index (χ4n) is 2.25. The molecule has 0 aliphatic carbocycles. The number of fused-ring (bicyclic) bond motifs is 1. The van der Waals surface area contributed by atoms with Crippen LogP contribution in [0.15, 0.2) is 28.7 Å². The van der Waals surface area contributed by atoms with Gasteiger partial charge in [0.15, 0.2) is 0 Å². The summed E-state index contributed by atoms with van der Waals surface area (Å²) >= 11 is 5.04. The Hall–Kier alpha value is -1.01. The normalized spacial score (nSPS) is 23.5. The highest BCUT2D eigenvalue weighted by atomic mass is 79.9. The fourth-order valence-corrected chi connectivity index (χ4v) is 3.52. The third-order valence-corrected chi connectivity index (χ3v) is 4.68. The van der Waals surface area contributed by atoms with Gasteiger partial charge in [-0.15, -0.1) is 11.8 Å². The molecular formula is C12H11BrN2O2S. The predicted molar refractivity (Wildman–Crippen MR) is 74.6 cm³/mol. The van der Waals surface area contributed by atoms with E-state index in [1.165, 1.54) is 4.90 Å². The van der Waals surface area contributed by atoms with Crippen LogP contribution in [0.1, 0.15) is 6.42 Å². The molecule has 1 aromatic carbocycles. The van der Waals surface area contributed by atoms with Crippen molar-refractivity contribution in [3.05, 3.63) is 28.7 Å². The molecule has 0 radical (unpaired) electrons. The molecule has 0 bridgehead atoms. The monoisotopic (exact) mass is 326 g/mol. The summed E-state index contributed by atoms with van der Waals surface area (Å²) in [5, 5.41) is 0. The first kappa shape index (κ1) is 12.0. The average molecular weight is 327 g/mol. The number of hydrogen-bond acceptors (Lipinski definition) is 3. The van der Waals surface area contributed by atoms with Gasteiger partial charge in [0.2, 0.25) is 0 Å². The highest BCUT2D eigenvalue weighted by Gasteiger charge is 2.46. The third kappa shape index (κ3) is 1.83. The van der Waals surface area contributed by atoms with Gasteiger partial charge < -0.3 is 4.90 Å². The number of halogens is 1. The van der Waals surface area contributed by atoms with Gasteiger partial charge in [0.1, 0.15) is 6.04 Å². The highest BCUT2D eigenvalue weighted by molar-refractivity contribution is 9.10. The van der Waals surface area contributed by atoms with Crippen LogP contribution in [-0.2, 0) is 4.79 Å². The van der Waals surface area contributed by atoms with Crippen LogP contribution in [0.3, 0.4) is 0 Å². The Morgan fingerprint density at radius 3 is 2.61 bits per heavy atom. The number of anilines is 1. The number of carbonyl (C=O) groups is 2. The van der Waals surface area contributed by atoms with E-state index in [1.807, 2.05) is 12.1 Å². The summed E-state index contributed by atoms with van der Waals surface area (Å²) in [6.07, 6.45) is 0.752. The lowest BCUT2D eigenvalue weighted by molar-refractivity contribution is -0.119. The SMILES string of the molecule is O=C1C2CCSCN2C(=O)N1c1ccc(Br)cc1. The molecule has 3 amide bonds. The molecule has 6 heteroatoms. The summed E-state index contributed by atoms with van der Waals surface area (Å²) in [7, 11) is 0. The largest absolute Gasteiger partial charge is 0.332 e. The quantitative estimate of drug-likeness (QED) is 0.745. The van der Waals surface area contributed by atoms with Crippen molar-refractivity contribution >= 4 is 45.3 Å². The number of carbonyl (C=O) groups excluding carboxylic acids is 2. The van der Waals surface area contributed by atoms with Crippen LogP contribution < -0.4 is 4.90 Å². The first-order valence-electron chi connectivity index (χ1n) is 5.66. The van der Waals surface area contributed by atoms with Crippen LogP contribution in [0, 0.1) is 0 Å². The van der Waals surface area contributed by atoms with Gasteiger partial charge >= 0.3 is 6.03 Å². The zero-order valence-corrected chi connectivity index (χ0v) is 11.9. The van der Waals surface area contributed by atoms with Gasteiger partial charge in [-0.3, -0.25) is 4.79 Å². The van der Waals surface area contributed by atoms with E-state index in [4.69, 9.17) is 0 Å². The second-order valence-corrected chi connectivity index (χ2v) is 6.23. The van der Waals surface area contributed by atoms with Gasteiger partial charge in [0, 0.05) is 4.47 Å². The number of urea groups is 1. The molecule has 1 aromatic rings. The van der Waals surface area contributed by atoms with Crippen LogP contribution in [0.5, 0.6) is 0 Å². The summed E-state index contributed by atoms with van der Waals surface area (Å²) in [5.74, 6) is 1.46. The van der Waals surface area contributed by atoms with Crippen molar-refractivity contribution in [2.75, 3.05) is 16.5 Å². The molecule has 3 rings (SSSR count). The smallest absolute Gasteiger partial charge is 0.303 e. The standard InChI is InChI=1S/C12H11BrN2O2S/c13-8-1-3-9(4-2-8)15-11(16)10-5-6-18-7-14(10)12(15)17/h1-4,10H,5-7H2. The average Bonchev–Trinajstić information content (AvgIpc) is 2.64. The first-order valence-corrected chi connectivity index (χ1v) is 7.61. The maximum absolute atomic E-state index is 12.3. The first-order chi connectivity index (χ1) is 8.68. The zero-order chi connectivity index (χ0) is 12.7. The molecule has 1 atom stereocenters. The minimum absolute atomic E-state index is 0.0948. The lowest BCUT2D eigenvalue weighted by atomic mass is 10.2. The van der Waals surface area contributed by atoms with E-state index in [2.05, 4.69) is 15.9 Å². The second-order valence-electron chi connectivity index (χ2n) is 4.24. The predicted octanol–water partition coefficient (Wildman–Crippen LogP) is 2.68. The van der Waals surface area contributed by atoms with Gasteiger partial charge in [-0.05, 0) is 36.4 Å². The van der Waals surface area contributed by atoms with Crippen LogP contribution >= 0.6 is 27.7 Å². The molecule has 4 nitrogen and oxygen atoms in total. The van der Waals surface area contributed by atoms with E-state index in [0.717, 1.165) is 16.6 Å². The maximum Gasteiger partial charge on any atom is 0.332 e. The van der Waals surface area contributed by atoms with Crippen molar-refractivity contribution in [1.29, 1.82) is 0 Å². The second kappa shape index (κ2) is 4.59. The molecule has 18 heavy (non-hydrogen) atoms. The zero-order valence-electron chi connectivity index (χ0n) is 9.51. The third-order valence-electron chi connectivity index (χ3n) is 3.17. The van der Waals surface area contributed by atoms with E-state index in [-0.39, 0.29) is 18.0 Å². The maximum atomic E-state index is 12.3. The van der Waals surface area contributed by atoms with Gasteiger partial charge in [-0.2, -0.15) is 0 Å².